The van der Waals surface area contributed by atoms with Crippen molar-refractivity contribution >= 4 is 11.3 Å². The zero-order chi connectivity index (χ0) is 9.68. The summed E-state index contributed by atoms with van der Waals surface area (Å²) < 4.78 is 0. The summed E-state index contributed by atoms with van der Waals surface area (Å²) in [4.78, 5) is 1.52. The summed E-state index contributed by atoms with van der Waals surface area (Å²) in [6, 6.07) is 2.85. The van der Waals surface area contributed by atoms with Crippen molar-refractivity contribution in [1.82, 2.24) is 5.32 Å². The molecule has 1 nitrogen and oxygen atoms in total. The van der Waals surface area contributed by atoms with E-state index in [1.165, 1.54) is 23.3 Å². The molecule has 0 aliphatic rings. The maximum atomic E-state index is 3.50. The predicted molar refractivity (Wildman–Crippen MR) is 60.5 cm³/mol. The Labute approximate surface area is 85.2 Å². The van der Waals surface area contributed by atoms with Gasteiger partial charge in [0.15, 0.2) is 0 Å². The van der Waals surface area contributed by atoms with E-state index in [9.17, 15) is 0 Å². The molecule has 0 spiro atoms. The van der Waals surface area contributed by atoms with Gasteiger partial charge in [-0.1, -0.05) is 6.92 Å². The molecule has 1 heterocycles. The first-order valence-corrected chi connectivity index (χ1v) is 5.88. The van der Waals surface area contributed by atoms with Crippen LogP contribution in [0.1, 0.15) is 30.7 Å². The maximum Gasteiger partial charge on any atom is 0.00870 e. The van der Waals surface area contributed by atoms with Crippen LogP contribution in [0.2, 0.25) is 0 Å². The van der Waals surface area contributed by atoms with E-state index in [1.54, 1.807) is 0 Å². The third kappa shape index (κ3) is 3.49. The van der Waals surface area contributed by atoms with Gasteiger partial charge in [-0.2, -0.15) is 0 Å². The monoisotopic (exact) mass is 197 g/mol. The Balaban J connectivity index is 2.24. The zero-order valence-corrected chi connectivity index (χ0v) is 9.58. The fraction of sp³-hybridized carbons (Fsp3) is 0.636. The van der Waals surface area contributed by atoms with Crippen molar-refractivity contribution in [2.24, 2.45) is 0 Å². The Morgan fingerprint density at radius 3 is 2.85 bits per heavy atom. The zero-order valence-electron chi connectivity index (χ0n) is 8.76. The van der Waals surface area contributed by atoms with Crippen molar-refractivity contribution < 1.29 is 0 Å². The van der Waals surface area contributed by atoms with Crippen LogP contribution in [0.15, 0.2) is 11.4 Å². The topological polar surface area (TPSA) is 12.0 Å². The van der Waals surface area contributed by atoms with Gasteiger partial charge in [0.2, 0.25) is 0 Å². The number of hydrogen-bond donors (Lipinski definition) is 1. The minimum atomic E-state index is 0.653. The SMILES string of the molecule is CCC(C)NCCc1sccc1C. The van der Waals surface area contributed by atoms with Gasteiger partial charge in [-0.3, -0.25) is 0 Å². The van der Waals surface area contributed by atoms with Gasteiger partial charge in [0.05, 0.1) is 0 Å². The standard InChI is InChI=1S/C11H19NS/c1-4-10(3)12-7-5-11-9(2)6-8-13-11/h6,8,10,12H,4-5,7H2,1-3H3. The second-order valence-corrected chi connectivity index (χ2v) is 4.54. The van der Waals surface area contributed by atoms with Crippen molar-refractivity contribution in [2.45, 2.75) is 39.7 Å². The minimum Gasteiger partial charge on any atom is -0.314 e. The molecule has 0 amide bonds. The Hall–Kier alpha value is -0.340. The highest BCUT2D eigenvalue weighted by Gasteiger charge is 2.00. The lowest BCUT2D eigenvalue weighted by atomic mass is 10.2. The summed E-state index contributed by atoms with van der Waals surface area (Å²) in [6.45, 7) is 7.75. The molecule has 0 aliphatic heterocycles. The Morgan fingerprint density at radius 2 is 2.31 bits per heavy atom. The molecule has 0 saturated heterocycles. The largest absolute Gasteiger partial charge is 0.314 e. The van der Waals surface area contributed by atoms with Crippen molar-refractivity contribution in [1.29, 1.82) is 0 Å². The molecule has 0 bridgehead atoms. The number of nitrogens with one attached hydrogen (secondary N) is 1. The summed E-state index contributed by atoms with van der Waals surface area (Å²) in [6.07, 6.45) is 2.39. The van der Waals surface area contributed by atoms with Crippen molar-refractivity contribution in [3.05, 3.63) is 21.9 Å². The highest BCUT2D eigenvalue weighted by molar-refractivity contribution is 7.10. The molecular formula is C11H19NS. The van der Waals surface area contributed by atoms with Crippen molar-refractivity contribution in [3.63, 3.8) is 0 Å². The fourth-order valence-electron chi connectivity index (χ4n) is 1.24. The van der Waals surface area contributed by atoms with Crippen LogP contribution in [0.4, 0.5) is 0 Å². The van der Waals surface area contributed by atoms with Gasteiger partial charge in [0, 0.05) is 17.5 Å². The molecule has 1 aromatic rings. The van der Waals surface area contributed by atoms with Crippen LogP contribution in [0.25, 0.3) is 0 Å². The molecule has 74 valence electrons. The Kier molecular flexibility index (Phi) is 4.46. The molecular weight excluding hydrogens is 178 g/mol. The van der Waals surface area contributed by atoms with E-state index < -0.39 is 0 Å². The van der Waals surface area contributed by atoms with Gasteiger partial charge < -0.3 is 5.32 Å². The Bertz CT molecular complexity index is 242. The molecule has 0 aliphatic carbocycles. The second kappa shape index (κ2) is 5.40. The average Bonchev–Trinajstić information content (AvgIpc) is 2.52. The van der Waals surface area contributed by atoms with E-state index in [0.717, 1.165) is 6.54 Å². The molecule has 0 aromatic carbocycles. The highest BCUT2D eigenvalue weighted by Crippen LogP contribution is 2.15. The van der Waals surface area contributed by atoms with E-state index in [0.29, 0.717) is 6.04 Å². The lowest BCUT2D eigenvalue weighted by Gasteiger charge is -2.10. The molecule has 1 aromatic heterocycles. The van der Waals surface area contributed by atoms with Gasteiger partial charge >= 0.3 is 0 Å². The smallest absolute Gasteiger partial charge is 0.00870 e. The van der Waals surface area contributed by atoms with E-state index in [-0.39, 0.29) is 0 Å². The summed E-state index contributed by atoms with van der Waals surface area (Å²) in [5, 5.41) is 5.68. The molecule has 1 unspecified atom stereocenters. The first kappa shape index (κ1) is 10.7. The first-order valence-electron chi connectivity index (χ1n) is 5.00. The second-order valence-electron chi connectivity index (χ2n) is 3.54. The molecule has 0 radical (unpaired) electrons. The van der Waals surface area contributed by atoms with E-state index in [2.05, 4.69) is 37.5 Å². The van der Waals surface area contributed by atoms with E-state index in [1.807, 2.05) is 11.3 Å². The maximum absolute atomic E-state index is 3.50. The van der Waals surface area contributed by atoms with Crippen molar-refractivity contribution in [2.75, 3.05) is 6.54 Å². The van der Waals surface area contributed by atoms with Gasteiger partial charge in [0.25, 0.3) is 0 Å². The molecule has 2 heteroatoms. The van der Waals surface area contributed by atoms with E-state index in [4.69, 9.17) is 0 Å². The lowest BCUT2D eigenvalue weighted by Crippen LogP contribution is -2.27. The van der Waals surface area contributed by atoms with E-state index >= 15 is 0 Å². The van der Waals surface area contributed by atoms with Crippen LogP contribution in [0.5, 0.6) is 0 Å². The van der Waals surface area contributed by atoms with Gasteiger partial charge in [0.1, 0.15) is 0 Å². The first-order chi connectivity index (χ1) is 6.24. The van der Waals surface area contributed by atoms with Crippen LogP contribution in [0, 0.1) is 6.92 Å². The molecule has 1 N–H and O–H groups in total. The minimum absolute atomic E-state index is 0.653. The van der Waals surface area contributed by atoms with Crippen molar-refractivity contribution in [3.8, 4) is 0 Å². The molecule has 1 rings (SSSR count). The summed E-state index contributed by atoms with van der Waals surface area (Å²) >= 11 is 1.87. The van der Waals surface area contributed by atoms with Crippen LogP contribution < -0.4 is 5.32 Å². The number of hydrogen-bond acceptors (Lipinski definition) is 2. The quantitative estimate of drug-likeness (QED) is 0.765. The summed E-state index contributed by atoms with van der Waals surface area (Å²) in [7, 11) is 0. The lowest BCUT2D eigenvalue weighted by molar-refractivity contribution is 0.538. The number of rotatable bonds is 5. The molecule has 0 saturated carbocycles. The van der Waals surface area contributed by atoms with Crippen LogP contribution >= 0.6 is 11.3 Å². The van der Waals surface area contributed by atoms with Gasteiger partial charge in [-0.25, -0.2) is 0 Å². The number of thiophene rings is 1. The molecule has 0 fully saturated rings. The number of aryl methyl sites for hydroxylation is 1. The molecule has 13 heavy (non-hydrogen) atoms. The summed E-state index contributed by atoms with van der Waals surface area (Å²) in [5.41, 5.74) is 1.44. The predicted octanol–water partition coefficient (Wildman–Crippen LogP) is 2.99. The third-order valence-electron chi connectivity index (χ3n) is 2.43. The van der Waals surface area contributed by atoms with Gasteiger partial charge in [-0.15, -0.1) is 11.3 Å². The van der Waals surface area contributed by atoms with Crippen LogP contribution in [-0.4, -0.2) is 12.6 Å². The third-order valence-corrected chi connectivity index (χ3v) is 3.51. The molecule has 1 atom stereocenters. The normalized spacial score (nSPS) is 13.2. The van der Waals surface area contributed by atoms with Crippen LogP contribution in [-0.2, 0) is 6.42 Å². The average molecular weight is 197 g/mol. The highest BCUT2D eigenvalue weighted by atomic mass is 32.1. The Morgan fingerprint density at radius 1 is 1.54 bits per heavy atom. The van der Waals surface area contributed by atoms with Crippen LogP contribution in [0.3, 0.4) is 0 Å². The van der Waals surface area contributed by atoms with Gasteiger partial charge in [-0.05, 0) is 43.7 Å². The fourth-order valence-corrected chi connectivity index (χ4v) is 2.15. The summed E-state index contributed by atoms with van der Waals surface area (Å²) in [5.74, 6) is 0.